The van der Waals surface area contributed by atoms with Crippen molar-refractivity contribution in [1.29, 1.82) is 0 Å². The van der Waals surface area contributed by atoms with E-state index in [1.54, 1.807) is 19.1 Å². The summed E-state index contributed by atoms with van der Waals surface area (Å²) < 4.78 is 46.6. The van der Waals surface area contributed by atoms with Crippen LogP contribution in [0.3, 0.4) is 0 Å². The minimum atomic E-state index is -4.62. The van der Waals surface area contributed by atoms with Crippen molar-refractivity contribution in [3.63, 3.8) is 0 Å². The molecule has 1 fully saturated rings. The number of halogens is 3. The number of fused-ring (bicyclic) bond motifs is 1. The molecule has 4 rings (SSSR count). The summed E-state index contributed by atoms with van der Waals surface area (Å²) in [6, 6.07) is 3.13. The van der Waals surface area contributed by atoms with Crippen LogP contribution in [0.1, 0.15) is 43.5 Å². The molecule has 3 aromatic rings. The number of rotatable bonds is 5. The third-order valence-corrected chi connectivity index (χ3v) is 5.07. The number of pyridine rings is 1. The normalized spacial score (nSPS) is 18.5. The number of aromatic nitrogens is 4. The van der Waals surface area contributed by atoms with Gasteiger partial charge in [-0.25, -0.2) is 15.0 Å². The van der Waals surface area contributed by atoms with E-state index >= 15 is 0 Å². The summed E-state index contributed by atoms with van der Waals surface area (Å²) >= 11 is 0. The van der Waals surface area contributed by atoms with E-state index in [1.807, 2.05) is 0 Å². The Balaban J connectivity index is 1.77. The fourth-order valence-electron chi connectivity index (χ4n) is 3.50. The highest BCUT2D eigenvalue weighted by Crippen LogP contribution is 2.39. The second-order valence-corrected chi connectivity index (χ2v) is 7.37. The maximum Gasteiger partial charge on any atom is 0.419 e. The van der Waals surface area contributed by atoms with Crippen LogP contribution in [0.15, 0.2) is 24.5 Å². The van der Waals surface area contributed by atoms with Crippen molar-refractivity contribution in [2.75, 3.05) is 18.5 Å². The van der Waals surface area contributed by atoms with Crippen LogP contribution < -0.4 is 5.32 Å². The van der Waals surface area contributed by atoms with Crippen LogP contribution in [-0.4, -0.2) is 44.3 Å². The average molecular weight is 421 g/mol. The fourth-order valence-corrected chi connectivity index (χ4v) is 3.50. The molecular weight excluding hydrogens is 399 g/mol. The van der Waals surface area contributed by atoms with Crippen molar-refractivity contribution >= 4 is 17.0 Å². The molecule has 1 aliphatic rings. The van der Waals surface area contributed by atoms with Crippen molar-refractivity contribution in [3.05, 3.63) is 35.8 Å². The Morgan fingerprint density at radius 3 is 2.83 bits per heavy atom. The average Bonchev–Trinajstić information content (AvgIpc) is 3.16. The lowest BCUT2D eigenvalue weighted by molar-refractivity contribution is -0.137. The summed E-state index contributed by atoms with van der Waals surface area (Å²) in [5, 5.41) is 12.5. The lowest BCUT2D eigenvalue weighted by atomic mass is 10.0. The molecule has 4 heterocycles. The van der Waals surface area contributed by atoms with Crippen LogP contribution in [0.4, 0.5) is 19.1 Å². The molecule has 3 N–H and O–H groups in total. The standard InChI is InChI=1S/C20H22F3N5O2/c1-11(10-29)26-19-25-9-14(20(21,22)23)17(28-19)13-8-24-18-12(13)5-6-15(27-18)16-4-2-3-7-30-16/h5-6,8-9,11,16,29H,2-4,7,10H2,1H3,(H,24,27)(H,25,26,28)/t11-,16?/m0/s1. The van der Waals surface area contributed by atoms with Crippen LogP contribution in [-0.2, 0) is 10.9 Å². The number of ether oxygens (including phenoxy) is 1. The number of aliphatic hydroxyl groups is 1. The Bertz CT molecular complexity index is 1030. The van der Waals surface area contributed by atoms with Gasteiger partial charge in [-0.3, -0.25) is 0 Å². The van der Waals surface area contributed by atoms with E-state index < -0.39 is 17.8 Å². The molecule has 0 aliphatic carbocycles. The SMILES string of the molecule is C[C@@H](CO)Nc1ncc(C(F)(F)F)c(-c2c[nH]c3nc(C4CCCCO4)ccc23)n1. The number of nitrogens with one attached hydrogen (secondary N) is 2. The molecule has 1 aliphatic heterocycles. The zero-order valence-electron chi connectivity index (χ0n) is 16.3. The highest BCUT2D eigenvalue weighted by molar-refractivity contribution is 5.93. The third kappa shape index (κ3) is 4.10. The van der Waals surface area contributed by atoms with Gasteiger partial charge in [-0.2, -0.15) is 13.2 Å². The molecule has 3 aromatic heterocycles. The van der Waals surface area contributed by atoms with Crippen LogP contribution in [0.2, 0.25) is 0 Å². The minimum Gasteiger partial charge on any atom is -0.394 e. The third-order valence-electron chi connectivity index (χ3n) is 5.07. The molecule has 0 bridgehead atoms. The summed E-state index contributed by atoms with van der Waals surface area (Å²) in [5.74, 6) is 0.00841. The van der Waals surface area contributed by atoms with Gasteiger partial charge in [0.15, 0.2) is 0 Å². The van der Waals surface area contributed by atoms with E-state index in [4.69, 9.17) is 4.74 Å². The first kappa shape index (κ1) is 20.5. The molecule has 0 saturated carbocycles. The molecule has 7 nitrogen and oxygen atoms in total. The van der Waals surface area contributed by atoms with Gasteiger partial charge in [0.2, 0.25) is 5.95 Å². The van der Waals surface area contributed by atoms with E-state index in [1.165, 1.54) is 6.20 Å². The smallest absolute Gasteiger partial charge is 0.394 e. The van der Waals surface area contributed by atoms with Gasteiger partial charge in [0.25, 0.3) is 0 Å². The number of hydrogen-bond donors (Lipinski definition) is 3. The minimum absolute atomic E-state index is 0.00841. The number of anilines is 1. The van der Waals surface area contributed by atoms with E-state index in [2.05, 4.69) is 25.3 Å². The monoisotopic (exact) mass is 421 g/mol. The number of aromatic amines is 1. The van der Waals surface area contributed by atoms with Crippen LogP contribution in [0, 0.1) is 0 Å². The van der Waals surface area contributed by atoms with Crippen molar-refractivity contribution in [2.45, 2.75) is 44.5 Å². The van der Waals surface area contributed by atoms with Gasteiger partial charge in [0.1, 0.15) is 11.2 Å². The van der Waals surface area contributed by atoms with Crippen LogP contribution in [0.5, 0.6) is 0 Å². The van der Waals surface area contributed by atoms with Crippen LogP contribution in [0.25, 0.3) is 22.3 Å². The molecule has 0 aromatic carbocycles. The molecule has 0 spiro atoms. The molecule has 1 unspecified atom stereocenters. The Morgan fingerprint density at radius 2 is 2.13 bits per heavy atom. The first-order chi connectivity index (χ1) is 14.4. The molecule has 160 valence electrons. The van der Waals surface area contributed by atoms with Gasteiger partial charge in [0.05, 0.1) is 24.1 Å². The first-order valence-electron chi connectivity index (χ1n) is 9.78. The van der Waals surface area contributed by atoms with E-state index in [0.29, 0.717) is 17.6 Å². The van der Waals surface area contributed by atoms with Gasteiger partial charge < -0.3 is 20.1 Å². The first-order valence-corrected chi connectivity index (χ1v) is 9.78. The molecule has 1 saturated heterocycles. The van der Waals surface area contributed by atoms with Gasteiger partial charge in [-0.1, -0.05) is 0 Å². The van der Waals surface area contributed by atoms with Gasteiger partial charge >= 0.3 is 6.18 Å². The quantitative estimate of drug-likeness (QED) is 0.575. The van der Waals surface area contributed by atoms with E-state index in [0.717, 1.165) is 31.2 Å². The van der Waals surface area contributed by atoms with Crippen molar-refractivity contribution in [1.82, 2.24) is 19.9 Å². The van der Waals surface area contributed by atoms with Crippen molar-refractivity contribution < 1.29 is 23.0 Å². The lowest BCUT2D eigenvalue weighted by Crippen LogP contribution is -2.21. The summed E-state index contributed by atoms with van der Waals surface area (Å²) in [6.45, 7) is 2.15. The molecule has 0 radical (unpaired) electrons. The summed E-state index contributed by atoms with van der Waals surface area (Å²) in [5.41, 5.74) is 0.322. The zero-order valence-corrected chi connectivity index (χ0v) is 16.3. The summed E-state index contributed by atoms with van der Waals surface area (Å²) in [7, 11) is 0. The summed E-state index contributed by atoms with van der Waals surface area (Å²) in [6.07, 6.45) is 0.446. The lowest BCUT2D eigenvalue weighted by Gasteiger charge is -2.21. The Labute approximate surface area is 170 Å². The fraction of sp³-hybridized carbons (Fsp3) is 0.450. The maximum atomic E-state index is 13.6. The highest BCUT2D eigenvalue weighted by Gasteiger charge is 2.36. The Morgan fingerprint density at radius 1 is 1.30 bits per heavy atom. The molecular formula is C20H22F3N5O2. The van der Waals surface area contributed by atoms with Gasteiger partial charge in [0, 0.05) is 36.0 Å². The topological polar surface area (TPSA) is 96.0 Å². The number of alkyl halides is 3. The Kier molecular flexibility index (Phi) is 5.61. The number of hydrogen-bond acceptors (Lipinski definition) is 6. The van der Waals surface area contributed by atoms with Crippen LogP contribution >= 0.6 is 0 Å². The second-order valence-electron chi connectivity index (χ2n) is 7.37. The Hall–Kier alpha value is -2.72. The molecule has 0 amide bonds. The van der Waals surface area contributed by atoms with Gasteiger partial charge in [-0.15, -0.1) is 0 Å². The summed E-state index contributed by atoms with van der Waals surface area (Å²) in [4.78, 5) is 15.4. The van der Waals surface area contributed by atoms with Crippen molar-refractivity contribution in [3.8, 4) is 11.3 Å². The molecule has 2 atom stereocenters. The number of H-pyrrole nitrogens is 1. The number of nitrogens with zero attached hydrogens (tertiary/aromatic N) is 3. The second kappa shape index (κ2) is 8.19. The highest BCUT2D eigenvalue weighted by atomic mass is 19.4. The predicted molar refractivity (Wildman–Crippen MR) is 105 cm³/mol. The maximum absolute atomic E-state index is 13.6. The van der Waals surface area contributed by atoms with Gasteiger partial charge in [-0.05, 0) is 38.3 Å². The van der Waals surface area contributed by atoms with E-state index in [-0.39, 0.29) is 29.9 Å². The zero-order chi connectivity index (χ0) is 21.3. The van der Waals surface area contributed by atoms with Crippen molar-refractivity contribution in [2.24, 2.45) is 0 Å². The molecule has 10 heteroatoms. The van der Waals surface area contributed by atoms with E-state index in [9.17, 15) is 18.3 Å². The largest absolute Gasteiger partial charge is 0.419 e. The predicted octanol–water partition coefficient (Wildman–Crippen LogP) is 4.07. The number of aliphatic hydroxyl groups excluding tert-OH is 1. The molecule has 30 heavy (non-hydrogen) atoms.